The quantitative estimate of drug-likeness (QED) is 0.228. The first-order valence-corrected chi connectivity index (χ1v) is 8.03. The van der Waals surface area contributed by atoms with Crippen molar-refractivity contribution in [3.8, 4) is 0 Å². The lowest BCUT2D eigenvalue weighted by atomic mass is 10.1. The summed E-state index contributed by atoms with van der Waals surface area (Å²) in [6, 6.07) is -0.679. The molecule has 0 saturated carbocycles. The SMILES string of the molecule is Cc1cn(C2CC(N=[N+]=[N-])C(COC(=O)OC/C=C/CO)O2)c(=O)[nH]c1=O. The number of aromatic amines is 1. The minimum atomic E-state index is -0.957. The molecule has 146 valence electrons. The Balaban J connectivity index is 2.02. The van der Waals surface area contributed by atoms with Crippen molar-refractivity contribution in [2.45, 2.75) is 31.7 Å². The molecule has 0 radical (unpaired) electrons. The van der Waals surface area contributed by atoms with E-state index in [1.54, 1.807) is 0 Å². The molecule has 12 nitrogen and oxygen atoms in total. The summed E-state index contributed by atoms with van der Waals surface area (Å²) in [7, 11) is 0. The summed E-state index contributed by atoms with van der Waals surface area (Å²) in [6.45, 7) is 1.04. The van der Waals surface area contributed by atoms with Crippen LogP contribution in [0.2, 0.25) is 0 Å². The molecule has 3 unspecified atom stereocenters. The van der Waals surface area contributed by atoms with Gasteiger partial charge < -0.3 is 19.3 Å². The maximum Gasteiger partial charge on any atom is 0.508 e. The predicted molar refractivity (Wildman–Crippen MR) is 91.0 cm³/mol. The van der Waals surface area contributed by atoms with Crippen LogP contribution in [0.5, 0.6) is 0 Å². The summed E-state index contributed by atoms with van der Waals surface area (Å²) >= 11 is 0. The smallest absolute Gasteiger partial charge is 0.432 e. The highest BCUT2D eigenvalue weighted by Gasteiger charge is 2.37. The third-order valence-corrected chi connectivity index (χ3v) is 3.80. The van der Waals surface area contributed by atoms with Gasteiger partial charge >= 0.3 is 11.8 Å². The van der Waals surface area contributed by atoms with Crippen LogP contribution in [-0.4, -0.2) is 52.8 Å². The number of aliphatic hydroxyl groups is 1. The Kier molecular flexibility index (Phi) is 7.17. The fourth-order valence-electron chi connectivity index (χ4n) is 2.47. The second-order valence-corrected chi connectivity index (χ2v) is 5.64. The van der Waals surface area contributed by atoms with Crippen LogP contribution in [0, 0.1) is 6.92 Å². The zero-order valence-electron chi connectivity index (χ0n) is 14.5. The Morgan fingerprint density at radius 3 is 3.00 bits per heavy atom. The highest BCUT2D eigenvalue weighted by Crippen LogP contribution is 2.30. The lowest BCUT2D eigenvalue weighted by molar-refractivity contribution is -0.0410. The average Bonchev–Trinajstić information content (AvgIpc) is 3.03. The van der Waals surface area contributed by atoms with Crippen molar-refractivity contribution in [1.29, 1.82) is 0 Å². The fraction of sp³-hybridized carbons (Fsp3) is 0.533. The summed E-state index contributed by atoms with van der Waals surface area (Å²) in [4.78, 5) is 39.9. The van der Waals surface area contributed by atoms with E-state index in [0.29, 0.717) is 5.56 Å². The Bertz CT molecular complexity index is 855. The normalized spacial score (nSPS) is 21.8. The molecule has 12 heteroatoms. The molecule has 0 aromatic carbocycles. The third kappa shape index (κ3) is 5.45. The molecule has 2 N–H and O–H groups in total. The molecule has 1 aromatic heterocycles. The maximum atomic E-state index is 12.0. The molecule has 3 atom stereocenters. The molecular formula is C15H19N5O7. The maximum absolute atomic E-state index is 12.0. The first-order chi connectivity index (χ1) is 13.0. The molecule has 0 aliphatic carbocycles. The van der Waals surface area contributed by atoms with Crippen molar-refractivity contribution in [3.05, 3.63) is 55.2 Å². The van der Waals surface area contributed by atoms with Crippen LogP contribution in [0.25, 0.3) is 10.4 Å². The van der Waals surface area contributed by atoms with Crippen LogP contribution >= 0.6 is 0 Å². The van der Waals surface area contributed by atoms with E-state index in [4.69, 9.17) is 24.8 Å². The largest absolute Gasteiger partial charge is 0.508 e. The highest BCUT2D eigenvalue weighted by molar-refractivity contribution is 5.60. The van der Waals surface area contributed by atoms with Gasteiger partial charge in [-0.3, -0.25) is 14.3 Å². The highest BCUT2D eigenvalue weighted by atomic mass is 16.7. The number of aliphatic hydroxyl groups excluding tert-OH is 1. The molecule has 1 aliphatic rings. The van der Waals surface area contributed by atoms with Crippen molar-refractivity contribution in [2.75, 3.05) is 19.8 Å². The number of carbonyl (C=O) groups excluding carboxylic acids is 1. The van der Waals surface area contributed by atoms with Crippen LogP contribution in [-0.2, 0) is 14.2 Å². The van der Waals surface area contributed by atoms with E-state index in [0.717, 1.165) is 0 Å². The second kappa shape index (κ2) is 9.57. The monoisotopic (exact) mass is 381 g/mol. The number of aryl methyl sites for hydroxylation is 1. The topological polar surface area (TPSA) is 169 Å². The van der Waals surface area contributed by atoms with Gasteiger partial charge in [-0.05, 0) is 18.5 Å². The molecule has 0 spiro atoms. The Morgan fingerprint density at radius 1 is 1.52 bits per heavy atom. The molecule has 0 amide bonds. The van der Waals surface area contributed by atoms with Crippen LogP contribution in [0.1, 0.15) is 18.2 Å². The van der Waals surface area contributed by atoms with Crippen LogP contribution < -0.4 is 11.2 Å². The van der Waals surface area contributed by atoms with Crippen molar-refractivity contribution >= 4 is 6.16 Å². The number of rotatable bonds is 7. The van der Waals surface area contributed by atoms with Crippen LogP contribution in [0.15, 0.2) is 33.1 Å². The van der Waals surface area contributed by atoms with E-state index in [-0.39, 0.29) is 26.2 Å². The standard InChI is InChI=1S/C15H19N5O7/c1-9-7-20(14(23)17-13(9)22)12-6-10(18-19-16)11(27-12)8-26-15(24)25-5-3-2-4-21/h2-3,7,10-12,21H,4-6,8H2,1H3,(H,17,22,23)/b3-2+. The molecule has 1 aliphatic heterocycles. The van der Waals surface area contributed by atoms with E-state index < -0.39 is 35.8 Å². The first-order valence-electron chi connectivity index (χ1n) is 8.03. The second-order valence-electron chi connectivity index (χ2n) is 5.64. The number of nitrogens with zero attached hydrogens (tertiary/aromatic N) is 4. The van der Waals surface area contributed by atoms with Crippen LogP contribution in [0.3, 0.4) is 0 Å². The van der Waals surface area contributed by atoms with Crippen molar-refractivity contribution in [2.24, 2.45) is 5.11 Å². The van der Waals surface area contributed by atoms with E-state index in [1.807, 2.05) is 0 Å². The van der Waals surface area contributed by atoms with Crippen molar-refractivity contribution < 1.29 is 24.1 Å². The molecule has 1 saturated heterocycles. The van der Waals surface area contributed by atoms with Gasteiger partial charge in [0.05, 0.1) is 12.6 Å². The van der Waals surface area contributed by atoms with E-state index in [1.165, 1.54) is 29.8 Å². The molecule has 0 bridgehead atoms. The van der Waals surface area contributed by atoms with E-state index in [2.05, 4.69) is 15.0 Å². The minimum absolute atomic E-state index is 0.0701. The van der Waals surface area contributed by atoms with E-state index >= 15 is 0 Å². The average molecular weight is 381 g/mol. The van der Waals surface area contributed by atoms with Gasteiger partial charge in [0.2, 0.25) is 0 Å². The number of hydrogen-bond donors (Lipinski definition) is 2. The zero-order chi connectivity index (χ0) is 19.8. The van der Waals surface area contributed by atoms with E-state index in [9.17, 15) is 14.4 Å². The first kappa shape index (κ1) is 20.2. The summed E-state index contributed by atoms with van der Waals surface area (Å²) in [6.07, 6.45) is 1.82. The molecular weight excluding hydrogens is 362 g/mol. The molecule has 2 rings (SSSR count). The van der Waals surface area contributed by atoms with Crippen molar-refractivity contribution in [3.63, 3.8) is 0 Å². The van der Waals surface area contributed by atoms with Crippen molar-refractivity contribution in [1.82, 2.24) is 9.55 Å². The number of ether oxygens (including phenoxy) is 3. The van der Waals surface area contributed by atoms with Gasteiger partial charge in [0.15, 0.2) is 0 Å². The summed E-state index contributed by atoms with van der Waals surface area (Å²) in [5.41, 5.74) is 7.86. The summed E-state index contributed by atoms with van der Waals surface area (Å²) < 4.78 is 16.5. The lowest BCUT2D eigenvalue weighted by Crippen LogP contribution is -2.33. The number of H-pyrrole nitrogens is 1. The van der Waals surface area contributed by atoms with Gasteiger partial charge in [0.25, 0.3) is 5.56 Å². The Hall–Kier alpha value is -3.08. The Morgan fingerprint density at radius 2 is 2.30 bits per heavy atom. The molecule has 1 aromatic rings. The van der Waals surface area contributed by atoms with Gasteiger partial charge in [-0.25, -0.2) is 9.59 Å². The fourth-order valence-corrected chi connectivity index (χ4v) is 2.47. The lowest BCUT2D eigenvalue weighted by Gasteiger charge is -2.16. The number of carbonyl (C=O) groups is 1. The zero-order valence-corrected chi connectivity index (χ0v) is 14.5. The van der Waals surface area contributed by atoms with Gasteiger partial charge in [0, 0.05) is 23.1 Å². The number of hydrogen-bond acceptors (Lipinski definition) is 8. The Labute approximate surface area is 152 Å². The van der Waals surface area contributed by atoms with Gasteiger partial charge in [0.1, 0.15) is 25.5 Å². The molecule has 1 fully saturated rings. The van der Waals surface area contributed by atoms with Gasteiger partial charge in [-0.1, -0.05) is 11.2 Å². The molecule has 2 heterocycles. The van der Waals surface area contributed by atoms with Crippen LogP contribution in [0.4, 0.5) is 4.79 Å². The minimum Gasteiger partial charge on any atom is -0.432 e. The number of aromatic nitrogens is 2. The number of azide groups is 1. The predicted octanol–water partition coefficient (Wildman–Crippen LogP) is 0.513. The van der Waals surface area contributed by atoms with Gasteiger partial charge in [-0.2, -0.15) is 0 Å². The summed E-state index contributed by atoms with van der Waals surface area (Å²) in [5.74, 6) is 0. The van der Waals surface area contributed by atoms with Gasteiger partial charge in [-0.15, -0.1) is 0 Å². The molecule has 27 heavy (non-hydrogen) atoms. The summed E-state index contributed by atoms with van der Waals surface area (Å²) in [5, 5.41) is 12.2. The third-order valence-electron chi connectivity index (χ3n) is 3.80. The number of nitrogens with one attached hydrogen (secondary N) is 1.